The molecule has 0 radical (unpaired) electrons. The third-order valence-electron chi connectivity index (χ3n) is 25.0. The van der Waals surface area contributed by atoms with Gasteiger partial charge in [0.05, 0.1) is 32.1 Å². The largest absolute Gasteiger partial charge is 0.487 e. The van der Waals surface area contributed by atoms with Gasteiger partial charge in [-0.05, 0) is 189 Å². The van der Waals surface area contributed by atoms with Crippen LogP contribution in [0.1, 0.15) is 290 Å². The molecule has 15 atom stereocenters. The van der Waals surface area contributed by atoms with Gasteiger partial charge in [-0.1, -0.05) is 182 Å². The number of hydrogen-bond acceptors (Lipinski definition) is 18. The lowest BCUT2D eigenvalue weighted by Crippen LogP contribution is -2.63. The summed E-state index contributed by atoms with van der Waals surface area (Å²) in [4.78, 5) is 193. The molecule has 29 heteroatoms. The first-order valence-electron chi connectivity index (χ1n) is 46.7. The van der Waals surface area contributed by atoms with E-state index < -0.39 is 168 Å². The number of likely N-dealkylation sites (N-methyl/N-ethyl adjacent to an activating group) is 7. The molecule has 2 aliphatic rings. The number of carbonyl (C=O) groups excluding carboxylic acids is 13. The lowest BCUT2D eigenvalue weighted by atomic mass is 9.83. The molecule has 0 aliphatic carbocycles. The van der Waals surface area contributed by atoms with E-state index in [4.69, 9.17) is 19.3 Å². The number of nitrogens with one attached hydrogen (secondary N) is 4. The van der Waals surface area contributed by atoms with Crippen molar-refractivity contribution in [1.29, 1.82) is 0 Å². The van der Waals surface area contributed by atoms with E-state index in [1.165, 1.54) is 139 Å². The minimum absolute atomic E-state index is 0.0229. The van der Waals surface area contributed by atoms with E-state index in [9.17, 15) is 57.8 Å². The van der Waals surface area contributed by atoms with Gasteiger partial charge in [0.25, 0.3) is 0 Å². The molecule has 126 heavy (non-hydrogen) atoms. The summed E-state index contributed by atoms with van der Waals surface area (Å²) in [7, 11) is 9.92. The van der Waals surface area contributed by atoms with Crippen LogP contribution in [0, 0.1) is 80.0 Å². The SMILES string of the molecule is C/C=C/C[C@@H](C)[C@@H](O)[C@H]1C(=O)N[C@@H](CC)C(=O)N(C)CC(=O)N(C)[C@@H](CC(C)C)C(=O)N[C@@H](C(C)C)C(=O)N(C)[C@@H](CC(C)C)C(=O)N[C@@H](C)C(=O)N[C@H](C)C(=O)N(C)[C@@H](CC(C)C)C(=O)N(C)[C@@H](CC(C)C)C(=O)N(C)[C@@H](C(C)C)C(=O)N1C.Cc1c(C)c2c(c(C)c1OC(=O)CCC(=O)OCCO)CCC(C)(CCCC(C)CCCC(C)CCCC(C)C)O2. The number of aliphatic hydroxyl groups excluding tert-OH is 2. The zero-order valence-electron chi connectivity index (χ0n) is 83.4. The molecular weight excluding hydrogens is 1610 g/mol. The van der Waals surface area contributed by atoms with Gasteiger partial charge in [-0.3, -0.25) is 62.3 Å². The van der Waals surface area contributed by atoms with Crippen molar-refractivity contribution in [2.24, 2.45) is 59.2 Å². The fourth-order valence-corrected chi connectivity index (χ4v) is 16.7. The number of esters is 2. The third kappa shape index (κ3) is 35.0. The lowest BCUT2D eigenvalue weighted by molar-refractivity contribution is -0.157. The molecule has 29 nitrogen and oxygen atoms in total. The molecule has 11 amide bonds. The van der Waals surface area contributed by atoms with Gasteiger partial charge >= 0.3 is 11.9 Å². The fourth-order valence-electron chi connectivity index (χ4n) is 16.7. The quantitative estimate of drug-likeness (QED) is 0.0216. The molecule has 3 unspecified atom stereocenters. The molecule has 0 spiro atoms. The Morgan fingerprint density at radius 1 is 0.516 bits per heavy atom. The molecule has 720 valence electrons. The van der Waals surface area contributed by atoms with E-state index in [1.807, 2.05) is 82.2 Å². The Morgan fingerprint density at radius 2 is 0.984 bits per heavy atom. The summed E-state index contributed by atoms with van der Waals surface area (Å²) in [6.07, 6.45) is 16.3. The van der Waals surface area contributed by atoms with E-state index in [-0.39, 0.29) is 87.4 Å². The molecule has 2 heterocycles. The molecule has 6 N–H and O–H groups in total. The van der Waals surface area contributed by atoms with E-state index in [2.05, 4.69) is 55.9 Å². The number of aliphatic hydroxyl groups is 2. The molecule has 0 aromatic heterocycles. The van der Waals surface area contributed by atoms with E-state index in [0.717, 1.165) is 74.8 Å². The fraction of sp³-hybridized carbons (Fsp3) is 0.784. The van der Waals surface area contributed by atoms with Crippen LogP contribution in [0.2, 0.25) is 0 Å². The highest BCUT2D eigenvalue weighted by molar-refractivity contribution is 6.00. The zero-order valence-corrected chi connectivity index (χ0v) is 83.4. The predicted molar refractivity (Wildman–Crippen MR) is 494 cm³/mol. The summed E-state index contributed by atoms with van der Waals surface area (Å²) in [5.41, 5.74) is 3.78. The highest BCUT2D eigenvalue weighted by Gasteiger charge is 2.47. The number of carbonyl (C=O) groups is 13. The summed E-state index contributed by atoms with van der Waals surface area (Å²) in [5, 5.41) is 31.8. The molecule has 1 aromatic carbocycles. The van der Waals surface area contributed by atoms with Gasteiger partial charge in [0.1, 0.15) is 84.1 Å². The standard InChI is InChI=1S/C62H111N11O12.C35H58O6/c1-25-27-28-40(15)52(75)51-56(79)65-43(26-2)58(81)67(18)33-48(74)68(19)44(29-34(3)4)55(78)66-49(38(11)12)61(84)69(20)45(30-35(5)6)54(77)63-41(16)53(76)64-42(17)57(80)70(21)46(31-36(7)8)59(82)71(22)47(32-37(9)10)60(83)72(23)50(39(13)14)62(85)73(51)24;1-24(2)12-9-13-25(3)14-10-15-26(4)16-11-20-35(8)21-19-30-29(7)33(27(5)28(6)34(30)41-35)40-32(38)18-17-31(37)39-23-22-36/h25,27,34-47,49-52,75H,26,28-33H2,1-24H3,(H,63,77)(H,64,76)(H,65,79)(H,66,78);24-26,36H,9-23H2,1-8H3/b27-25+;/t40-,41+,42-,43+,44+,45+,46+,47+,49+,50+,51+,52-;/m1./s1. The van der Waals surface area contributed by atoms with Crippen LogP contribution in [0.3, 0.4) is 0 Å². The van der Waals surface area contributed by atoms with Crippen LogP contribution in [0.5, 0.6) is 11.5 Å². The van der Waals surface area contributed by atoms with Crippen molar-refractivity contribution in [2.45, 2.75) is 367 Å². The molecule has 1 fully saturated rings. The summed E-state index contributed by atoms with van der Waals surface area (Å²) in [5.74, 6) is -6.76. The van der Waals surface area contributed by atoms with Gasteiger partial charge < -0.3 is 80.0 Å². The first kappa shape index (κ1) is 114. The highest BCUT2D eigenvalue weighted by atomic mass is 16.5. The molecule has 1 saturated heterocycles. The number of amides is 11. The minimum atomic E-state index is -1.61. The Labute approximate surface area is 756 Å². The zero-order chi connectivity index (χ0) is 96.6. The molecular formula is C97H169N11O18. The second-order valence-corrected chi connectivity index (χ2v) is 39.4. The number of fused-ring (bicyclic) bond motifs is 1. The number of benzene rings is 1. The van der Waals surface area contributed by atoms with Crippen LogP contribution in [-0.4, -0.2) is 263 Å². The van der Waals surface area contributed by atoms with Gasteiger partial charge in [0.2, 0.25) is 65.0 Å². The number of rotatable bonds is 33. The van der Waals surface area contributed by atoms with Crippen LogP contribution < -0.4 is 30.7 Å². The second kappa shape index (κ2) is 54.3. The Hall–Kier alpha value is -8.21. The van der Waals surface area contributed by atoms with Crippen molar-refractivity contribution in [3.8, 4) is 11.5 Å². The summed E-state index contributed by atoms with van der Waals surface area (Å²) in [6.45, 7) is 46.7. The lowest BCUT2D eigenvalue weighted by Gasteiger charge is -2.41. The Balaban J connectivity index is 0.00000109. The van der Waals surface area contributed by atoms with Gasteiger partial charge in [0, 0.05) is 54.9 Å². The van der Waals surface area contributed by atoms with E-state index in [1.54, 1.807) is 54.5 Å². The summed E-state index contributed by atoms with van der Waals surface area (Å²) in [6, 6.07) is -12.3. The normalized spacial score (nSPS) is 24.0. The summed E-state index contributed by atoms with van der Waals surface area (Å²) >= 11 is 0. The van der Waals surface area contributed by atoms with Crippen molar-refractivity contribution >= 4 is 76.9 Å². The average Bonchev–Trinajstić information content (AvgIpc) is 0.769. The Kier molecular flexibility index (Phi) is 49.1. The molecule has 3 rings (SSSR count). The molecule has 0 saturated carbocycles. The summed E-state index contributed by atoms with van der Waals surface area (Å²) < 4.78 is 17.3. The van der Waals surface area contributed by atoms with Crippen LogP contribution in [-0.2, 0) is 73.5 Å². The maximum Gasteiger partial charge on any atom is 0.311 e. The number of ether oxygens (including phenoxy) is 3. The van der Waals surface area contributed by atoms with Crippen LogP contribution in [0.4, 0.5) is 0 Å². The minimum Gasteiger partial charge on any atom is -0.487 e. The maximum absolute atomic E-state index is 15.1. The van der Waals surface area contributed by atoms with Crippen molar-refractivity contribution in [1.82, 2.24) is 55.6 Å². The third-order valence-corrected chi connectivity index (χ3v) is 25.0. The van der Waals surface area contributed by atoms with Crippen molar-refractivity contribution in [2.75, 3.05) is 69.1 Å². The van der Waals surface area contributed by atoms with Crippen LogP contribution in [0.25, 0.3) is 0 Å². The predicted octanol–water partition coefficient (Wildman–Crippen LogP) is 11.6. The monoisotopic (exact) mass is 1780 g/mol. The Bertz CT molecular complexity index is 3750. The maximum atomic E-state index is 15.1. The van der Waals surface area contributed by atoms with Crippen LogP contribution >= 0.6 is 0 Å². The van der Waals surface area contributed by atoms with Gasteiger partial charge in [-0.25, -0.2) is 0 Å². The molecule has 1 aromatic rings. The smallest absolute Gasteiger partial charge is 0.311 e. The number of allylic oxidation sites excluding steroid dienone is 2. The van der Waals surface area contributed by atoms with Gasteiger partial charge in [-0.15, -0.1) is 0 Å². The van der Waals surface area contributed by atoms with Gasteiger partial charge in [0.15, 0.2) is 0 Å². The van der Waals surface area contributed by atoms with E-state index >= 15 is 9.59 Å². The van der Waals surface area contributed by atoms with Crippen LogP contribution in [0.15, 0.2) is 12.2 Å². The van der Waals surface area contributed by atoms with Crippen molar-refractivity contribution < 1.29 is 86.8 Å². The average molecular weight is 1780 g/mol. The first-order chi connectivity index (χ1) is 58.6. The Morgan fingerprint density at radius 3 is 1.48 bits per heavy atom. The highest BCUT2D eigenvalue weighted by Crippen LogP contribution is 2.45. The van der Waals surface area contributed by atoms with Crippen molar-refractivity contribution in [3.05, 3.63) is 34.4 Å². The topological polar surface area (TPSA) is 361 Å². The number of nitrogens with zero attached hydrogens (tertiary/aromatic N) is 7. The first-order valence-corrected chi connectivity index (χ1v) is 46.7. The van der Waals surface area contributed by atoms with E-state index in [0.29, 0.717) is 12.2 Å². The molecule has 2 aliphatic heterocycles. The number of hydrogen-bond donors (Lipinski definition) is 6. The molecule has 0 bridgehead atoms. The van der Waals surface area contributed by atoms with Gasteiger partial charge in [-0.2, -0.15) is 0 Å². The van der Waals surface area contributed by atoms with Crippen molar-refractivity contribution in [3.63, 3.8) is 0 Å². The second-order valence-electron chi connectivity index (χ2n) is 39.4.